The van der Waals surface area contributed by atoms with Crippen LogP contribution in [0.3, 0.4) is 0 Å². The van der Waals surface area contributed by atoms with Gasteiger partial charge in [0.15, 0.2) is 0 Å². The summed E-state index contributed by atoms with van der Waals surface area (Å²) in [5, 5.41) is 2.91. The molecule has 0 aliphatic carbocycles. The number of carbonyl (C=O) groups excluding carboxylic acids is 1. The van der Waals surface area contributed by atoms with E-state index >= 15 is 0 Å². The summed E-state index contributed by atoms with van der Waals surface area (Å²) in [7, 11) is 0. The van der Waals surface area contributed by atoms with Gasteiger partial charge in [-0.15, -0.1) is 0 Å². The van der Waals surface area contributed by atoms with E-state index in [0.29, 0.717) is 25.5 Å². The Morgan fingerprint density at radius 1 is 1.26 bits per heavy atom. The first-order valence-electron chi connectivity index (χ1n) is 6.75. The number of carbonyl (C=O) groups is 1. The van der Waals surface area contributed by atoms with Gasteiger partial charge < -0.3 is 15.8 Å². The average molecular weight is 264 g/mol. The van der Waals surface area contributed by atoms with Crippen LogP contribution < -0.4 is 15.8 Å². The van der Waals surface area contributed by atoms with Crippen LogP contribution in [-0.4, -0.2) is 19.1 Å². The highest BCUT2D eigenvalue weighted by atomic mass is 16.5. The lowest BCUT2D eigenvalue weighted by atomic mass is 10.1. The molecule has 0 radical (unpaired) electrons. The summed E-state index contributed by atoms with van der Waals surface area (Å²) in [6.07, 6.45) is 0.361. The van der Waals surface area contributed by atoms with Crippen molar-refractivity contribution >= 4 is 5.91 Å². The van der Waals surface area contributed by atoms with Crippen molar-refractivity contribution < 1.29 is 9.53 Å². The molecule has 0 heterocycles. The van der Waals surface area contributed by atoms with E-state index in [1.165, 1.54) is 0 Å². The molecule has 0 aliphatic heterocycles. The van der Waals surface area contributed by atoms with Gasteiger partial charge in [-0.1, -0.05) is 26.0 Å². The molecule has 1 amide bonds. The lowest BCUT2D eigenvalue weighted by Gasteiger charge is -2.15. The average Bonchev–Trinajstić information content (AvgIpc) is 2.37. The van der Waals surface area contributed by atoms with Gasteiger partial charge in [0.05, 0.1) is 12.6 Å². The number of nitrogens with one attached hydrogen (secondary N) is 1. The SMILES string of the molecule is CC(C)COc1ccc(C(C)NC(=O)CCN)cc1. The van der Waals surface area contributed by atoms with Gasteiger partial charge in [-0.3, -0.25) is 4.79 Å². The normalized spacial score (nSPS) is 12.3. The third kappa shape index (κ3) is 5.75. The largest absolute Gasteiger partial charge is 0.493 e. The van der Waals surface area contributed by atoms with Gasteiger partial charge in [-0.2, -0.15) is 0 Å². The first-order valence-corrected chi connectivity index (χ1v) is 6.75. The smallest absolute Gasteiger partial charge is 0.221 e. The molecule has 106 valence electrons. The van der Waals surface area contributed by atoms with E-state index in [-0.39, 0.29) is 11.9 Å². The molecule has 0 aliphatic rings. The summed E-state index contributed by atoms with van der Waals surface area (Å²) < 4.78 is 5.62. The molecule has 4 heteroatoms. The first kappa shape index (κ1) is 15.5. The molecule has 0 bridgehead atoms. The standard InChI is InChI=1S/C15H24N2O2/c1-11(2)10-19-14-6-4-13(5-7-14)12(3)17-15(18)8-9-16/h4-7,11-12H,8-10,16H2,1-3H3,(H,17,18). The summed E-state index contributed by atoms with van der Waals surface area (Å²) in [6.45, 7) is 7.27. The molecule has 0 spiro atoms. The van der Waals surface area contributed by atoms with Crippen LogP contribution in [0, 0.1) is 5.92 Å². The fourth-order valence-corrected chi connectivity index (χ4v) is 1.64. The van der Waals surface area contributed by atoms with Crippen molar-refractivity contribution in [3.8, 4) is 5.75 Å². The Bertz CT molecular complexity index is 388. The number of rotatable bonds is 7. The van der Waals surface area contributed by atoms with Crippen LogP contribution in [0.25, 0.3) is 0 Å². The number of amides is 1. The molecule has 1 aromatic rings. The highest BCUT2D eigenvalue weighted by Crippen LogP contribution is 2.18. The zero-order valence-electron chi connectivity index (χ0n) is 12.0. The molecule has 0 saturated carbocycles. The van der Waals surface area contributed by atoms with Gasteiger partial charge in [0.1, 0.15) is 5.75 Å². The second-order valence-corrected chi connectivity index (χ2v) is 5.10. The minimum atomic E-state index is -0.0184. The molecule has 0 fully saturated rings. The van der Waals surface area contributed by atoms with E-state index in [1.54, 1.807) is 0 Å². The van der Waals surface area contributed by atoms with E-state index in [0.717, 1.165) is 11.3 Å². The Kier molecular flexibility index (Phi) is 6.36. The van der Waals surface area contributed by atoms with E-state index in [1.807, 2.05) is 31.2 Å². The third-order valence-corrected chi connectivity index (χ3v) is 2.71. The molecule has 0 saturated heterocycles. The summed E-state index contributed by atoms with van der Waals surface area (Å²) in [6, 6.07) is 7.80. The van der Waals surface area contributed by atoms with Crippen LogP contribution >= 0.6 is 0 Å². The highest BCUT2D eigenvalue weighted by Gasteiger charge is 2.08. The Hall–Kier alpha value is -1.55. The molecule has 0 aromatic heterocycles. The van der Waals surface area contributed by atoms with Crippen molar-refractivity contribution in [3.05, 3.63) is 29.8 Å². The Labute approximate surface area is 115 Å². The van der Waals surface area contributed by atoms with Crippen molar-refractivity contribution in [3.63, 3.8) is 0 Å². The van der Waals surface area contributed by atoms with Crippen LogP contribution in [0.4, 0.5) is 0 Å². The number of hydrogen-bond acceptors (Lipinski definition) is 3. The van der Waals surface area contributed by atoms with Crippen LogP contribution in [0.1, 0.15) is 38.8 Å². The Morgan fingerprint density at radius 2 is 1.89 bits per heavy atom. The highest BCUT2D eigenvalue weighted by molar-refractivity contribution is 5.76. The molecule has 3 N–H and O–H groups in total. The molecule has 1 aromatic carbocycles. The monoisotopic (exact) mass is 264 g/mol. The van der Waals surface area contributed by atoms with Crippen molar-refractivity contribution in [1.82, 2.24) is 5.32 Å². The van der Waals surface area contributed by atoms with Gasteiger partial charge >= 0.3 is 0 Å². The van der Waals surface area contributed by atoms with Gasteiger partial charge in [-0.25, -0.2) is 0 Å². The van der Waals surface area contributed by atoms with Crippen molar-refractivity contribution in [2.75, 3.05) is 13.2 Å². The van der Waals surface area contributed by atoms with E-state index in [9.17, 15) is 4.79 Å². The maximum atomic E-state index is 11.5. The predicted molar refractivity (Wildman–Crippen MR) is 77.0 cm³/mol. The van der Waals surface area contributed by atoms with E-state index in [2.05, 4.69) is 19.2 Å². The molecule has 19 heavy (non-hydrogen) atoms. The Balaban J connectivity index is 2.52. The summed E-state index contributed by atoms with van der Waals surface area (Å²) >= 11 is 0. The summed E-state index contributed by atoms with van der Waals surface area (Å²) in [5.74, 6) is 1.35. The van der Waals surface area contributed by atoms with Gasteiger partial charge in [0.25, 0.3) is 0 Å². The molecule has 1 unspecified atom stereocenters. The summed E-state index contributed by atoms with van der Waals surface area (Å²) in [4.78, 5) is 11.5. The fraction of sp³-hybridized carbons (Fsp3) is 0.533. The van der Waals surface area contributed by atoms with Crippen LogP contribution in [0.5, 0.6) is 5.75 Å². The number of hydrogen-bond donors (Lipinski definition) is 2. The number of benzene rings is 1. The van der Waals surface area contributed by atoms with Gasteiger partial charge in [-0.05, 0) is 30.5 Å². The van der Waals surface area contributed by atoms with Gasteiger partial charge in [0, 0.05) is 13.0 Å². The zero-order valence-corrected chi connectivity index (χ0v) is 12.0. The minimum Gasteiger partial charge on any atom is -0.493 e. The van der Waals surface area contributed by atoms with Crippen molar-refractivity contribution in [2.45, 2.75) is 33.2 Å². The summed E-state index contributed by atoms with van der Waals surface area (Å²) in [5.41, 5.74) is 6.40. The fourth-order valence-electron chi connectivity index (χ4n) is 1.64. The van der Waals surface area contributed by atoms with Crippen LogP contribution in [0.2, 0.25) is 0 Å². The number of ether oxygens (including phenoxy) is 1. The Morgan fingerprint density at radius 3 is 2.42 bits per heavy atom. The third-order valence-electron chi connectivity index (χ3n) is 2.71. The number of nitrogens with two attached hydrogens (primary N) is 1. The first-order chi connectivity index (χ1) is 9.02. The molecular weight excluding hydrogens is 240 g/mol. The maximum absolute atomic E-state index is 11.5. The molecule has 1 atom stereocenters. The predicted octanol–water partition coefficient (Wildman–Crippen LogP) is 2.25. The van der Waals surface area contributed by atoms with E-state index in [4.69, 9.17) is 10.5 Å². The molecule has 1 rings (SSSR count). The van der Waals surface area contributed by atoms with Crippen LogP contribution in [-0.2, 0) is 4.79 Å². The maximum Gasteiger partial charge on any atom is 0.221 e. The minimum absolute atomic E-state index is 0.0156. The van der Waals surface area contributed by atoms with E-state index < -0.39 is 0 Å². The lowest BCUT2D eigenvalue weighted by Crippen LogP contribution is -2.28. The molecular formula is C15H24N2O2. The quantitative estimate of drug-likeness (QED) is 0.794. The topological polar surface area (TPSA) is 64.3 Å². The van der Waals surface area contributed by atoms with Crippen molar-refractivity contribution in [1.29, 1.82) is 0 Å². The molecule has 4 nitrogen and oxygen atoms in total. The van der Waals surface area contributed by atoms with Crippen molar-refractivity contribution in [2.24, 2.45) is 11.7 Å². The van der Waals surface area contributed by atoms with Crippen LogP contribution in [0.15, 0.2) is 24.3 Å². The second kappa shape index (κ2) is 7.79. The lowest BCUT2D eigenvalue weighted by molar-refractivity contribution is -0.121. The zero-order chi connectivity index (χ0) is 14.3. The van der Waals surface area contributed by atoms with Gasteiger partial charge in [0.2, 0.25) is 5.91 Å². The second-order valence-electron chi connectivity index (χ2n) is 5.10.